The van der Waals surface area contributed by atoms with E-state index < -0.39 is 229 Å². The average molecular weight is 1890 g/mol. The number of H-pyrrole nitrogens is 1. The number of carbonyl (C=O) groups excluding carboxylic acids is 15. The lowest BCUT2D eigenvalue weighted by Gasteiger charge is -2.28. The number of nitrogens with one attached hydrogen (secondary N) is 26. The first-order valence-corrected chi connectivity index (χ1v) is 43.9. The highest BCUT2D eigenvalue weighted by Crippen LogP contribution is 2.15. The lowest BCUT2D eigenvalue weighted by molar-refractivity contribution is -0.144. The number of hydrogen-bond acceptors (Lipinski definition) is 27. The fourth-order valence-electron chi connectivity index (χ4n) is 13.0. The van der Waals surface area contributed by atoms with E-state index in [4.69, 9.17) is 101 Å². The Kier molecular flexibility index (Phi) is 58.6. The van der Waals surface area contributed by atoms with Crippen LogP contribution < -0.4 is 170 Å². The van der Waals surface area contributed by atoms with E-state index >= 15 is 0 Å². The zero-order valence-electron chi connectivity index (χ0n) is 75.5. The van der Waals surface area contributed by atoms with Crippen molar-refractivity contribution < 1.29 is 81.8 Å². The van der Waals surface area contributed by atoms with Crippen LogP contribution in [-0.4, -0.2) is 289 Å². The van der Waals surface area contributed by atoms with E-state index in [9.17, 15) is 81.8 Å². The normalized spacial score (nSPS) is 13.8. The van der Waals surface area contributed by atoms with Crippen LogP contribution in [0.15, 0.2) is 12.5 Å². The molecular formula is C77H145N39O17. The number of aromatic amines is 1. The number of aliphatic carboxylic acids is 1. The summed E-state index contributed by atoms with van der Waals surface area (Å²) >= 11 is 0. The molecule has 15 amide bonds. The van der Waals surface area contributed by atoms with Gasteiger partial charge in [-0.25, -0.2) is 9.78 Å². The van der Waals surface area contributed by atoms with Crippen molar-refractivity contribution in [2.75, 3.05) is 65.4 Å². The molecule has 0 radical (unpaired) electrons. The Morgan fingerprint density at radius 1 is 0.331 bits per heavy atom. The van der Waals surface area contributed by atoms with Crippen LogP contribution in [0.5, 0.6) is 0 Å². The molecule has 750 valence electrons. The van der Waals surface area contributed by atoms with Crippen LogP contribution in [0.4, 0.5) is 0 Å². The number of carboxylic acid groups (broad SMARTS) is 1. The van der Waals surface area contributed by atoms with Gasteiger partial charge in [-0.2, -0.15) is 0 Å². The second-order valence-corrected chi connectivity index (χ2v) is 31.8. The van der Waals surface area contributed by atoms with Gasteiger partial charge in [0.15, 0.2) is 35.8 Å². The molecule has 1 aromatic heterocycles. The summed E-state index contributed by atoms with van der Waals surface area (Å²) in [6, 6.07) is -19.9. The molecule has 1 aromatic rings. The zero-order chi connectivity index (χ0) is 100. The van der Waals surface area contributed by atoms with E-state index in [-0.39, 0.29) is 186 Å². The highest BCUT2D eigenvalue weighted by atomic mass is 16.4. The molecule has 0 spiro atoms. The number of hydrogen-bond donors (Lipinski definition) is 39. The lowest BCUT2D eigenvalue weighted by Crippen LogP contribution is -2.60. The van der Waals surface area contributed by atoms with Crippen molar-refractivity contribution in [3.05, 3.63) is 18.2 Å². The van der Waals surface area contributed by atoms with E-state index in [1.165, 1.54) is 12.5 Å². The molecular weight excluding hydrogens is 1740 g/mol. The minimum absolute atomic E-state index is 0.00793. The van der Waals surface area contributed by atoms with Gasteiger partial charge >= 0.3 is 5.97 Å². The number of imidazole rings is 1. The minimum atomic E-state index is -1.81. The van der Waals surface area contributed by atoms with Crippen LogP contribution in [-0.2, 0) is 83.1 Å². The van der Waals surface area contributed by atoms with Crippen molar-refractivity contribution in [3.8, 4) is 0 Å². The monoisotopic (exact) mass is 1890 g/mol. The van der Waals surface area contributed by atoms with Gasteiger partial charge in [0.05, 0.1) is 25.3 Å². The number of carboxylic acids is 1. The number of nitrogens with zero attached hydrogens (tertiary/aromatic N) is 1. The van der Waals surface area contributed by atoms with E-state index in [0.717, 1.165) is 0 Å². The van der Waals surface area contributed by atoms with Crippen molar-refractivity contribution in [3.63, 3.8) is 0 Å². The molecule has 0 bridgehead atoms. The molecule has 0 saturated heterocycles. The van der Waals surface area contributed by atoms with Gasteiger partial charge < -0.3 is 180 Å². The summed E-state index contributed by atoms with van der Waals surface area (Å²) in [7, 11) is 0. The summed E-state index contributed by atoms with van der Waals surface area (Å²) < 4.78 is 0. The maximum atomic E-state index is 15.0. The first-order chi connectivity index (χ1) is 62.9. The van der Waals surface area contributed by atoms with Crippen LogP contribution in [0.2, 0.25) is 0 Å². The Hall–Kier alpha value is -13.8. The van der Waals surface area contributed by atoms with Crippen LogP contribution in [0, 0.1) is 38.4 Å². The van der Waals surface area contributed by atoms with Gasteiger partial charge in [0.2, 0.25) is 88.6 Å². The van der Waals surface area contributed by atoms with Crippen molar-refractivity contribution in [1.29, 1.82) is 32.5 Å². The average Bonchev–Trinajstić information content (AvgIpc) is 1.79. The summed E-state index contributed by atoms with van der Waals surface area (Å²) in [5, 5.41) is 104. The third-order valence-electron chi connectivity index (χ3n) is 19.9. The molecule has 56 nitrogen and oxygen atoms in total. The first kappa shape index (κ1) is 117. The molecule has 133 heavy (non-hydrogen) atoms. The van der Waals surface area contributed by atoms with E-state index in [1.54, 1.807) is 13.8 Å². The predicted octanol–water partition coefficient (Wildman–Crippen LogP) is -12.5. The fraction of sp³-hybridized carbons (Fsp3) is 0.675. The van der Waals surface area contributed by atoms with Crippen molar-refractivity contribution in [1.82, 2.24) is 111 Å². The number of nitrogens with two attached hydrogens (primary N) is 12. The Morgan fingerprint density at radius 2 is 0.602 bits per heavy atom. The van der Waals surface area contributed by atoms with Gasteiger partial charge in [0.25, 0.3) is 0 Å². The number of rotatable bonds is 72. The summed E-state index contributed by atoms with van der Waals surface area (Å²) in [5.74, 6) is -19.3. The maximum absolute atomic E-state index is 15.0. The van der Waals surface area contributed by atoms with Crippen LogP contribution in [0.3, 0.4) is 0 Å². The van der Waals surface area contributed by atoms with Gasteiger partial charge in [-0.1, -0.05) is 13.8 Å². The van der Waals surface area contributed by atoms with E-state index in [1.807, 2.05) is 0 Å². The fourth-order valence-corrected chi connectivity index (χ4v) is 13.0. The van der Waals surface area contributed by atoms with Gasteiger partial charge in [-0.05, 0) is 173 Å². The smallest absolute Gasteiger partial charge is 0.326 e. The number of primary amides is 2. The van der Waals surface area contributed by atoms with Gasteiger partial charge in [0, 0.05) is 64.0 Å². The Bertz CT molecular complexity index is 3960. The molecule has 0 aliphatic rings. The standard InChI is InChI=1S/C77H145N39O17/c1-41(2)35-53(69(130)116-55(71(132)133)37-57(83)118)114-70(131)54(36-42-38-96-40-104-42)115-61(122)45(16-3-6-26-78)105-58(119)39-103-60(121)44(19-10-30-98-73(86)87)107-64(125)48(20-11-31-99-74(88)89)110-66(127)50(22-13-33-101-76(92)93)112-68(129)52(24-25-56(82)117)113-67(128)51(23-14-34-102-77(94)95)111-65(126)49(21-12-32-100-75(90)91)109-63(124)47(18-5-8-28-80)108-62(123)46(17-4-7-27-79)106-59(120)43(81)15-9-29-97-72(84)85/h38,40-41,43-55H,3-37,39,78-81H2,1-2H3,(H2,82,117)(H2,83,118)(H,96,104)(H,103,121)(H,105,119)(H,106,120)(H,107,125)(H,108,123)(H,109,124)(H,110,127)(H,111,126)(H,112,129)(H,113,128)(H,114,131)(H,115,122)(H,116,130)(H,132,133)(H4,84,85,97)(H4,86,87,98)(H4,88,89,99)(H4,90,91,100)(H4,92,93,101)(H4,94,95,102)/t43-,44-,45-,46-,47-,48-,49-,50-,51-,52-,53-,54-,55-/m0/s1. The lowest BCUT2D eigenvalue weighted by atomic mass is 10.0. The number of carbonyl (C=O) groups is 16. The second-order valence-electron chi connectivity index (χ2n) is 31.8. The van der Waals surface area contributed by atoms with Gasteiger partial charge in [-0.3, -0.25) is 104 Å². The highest BCUT2D eigenvalue weighted by molar-refractivity contribution is 6.00. The maximum Gasteiger partial charge on any atom is 0.326 e. The van der Waals surface area contributed by atoms with Crippen LogP contribution >= 0.6 is 0 Å². The third-order valence-corrected chi connectivity index (χ3v) is 19.9. The quantitative estimate of drug-likeness (QED) is 0.0164. The van der Waals surface area contributed by atoms with Gasteiger partial charge in [-0.15, -0.1) is 0 Å². The molecule has 56 heteroatoms. The summed E-state index contributed by atoms with van der Waals surface area (Å²) in [6.45, 7) is 3.00. The Balaban J connectivity index is 4.00. The molecule has 13 atom stereocenters. The number of amides is 15. The minimum Gasteiger partial charge on any atom is -0.480 e. The highest BCUT2D eigenvalue weighted by Gasteiger charge is 2.38. The van der Waals surface area contributed by atoms with E-state index in [2.05, 4.69) is 111 Å². The number of unbranched alkanes of at least 4 members (excludes halogenated alkanes) is 3. The van der Waals surface area contributed by atoms with Crippen molar-refractivity contribution in [2.45, 2.75) is 259 Å². The van der Waals surface area contributed by atoms with Crippen molar-refractivity contribution in [2.24, 2.45) is 74.7 Å². The summed E-state index contributed by atoms with van der Waals surface area (Å²) in [5.41, 5.74) is 67.9. The molecule has 51 N–H and O–H groups in total. The molecule has 0 aliphatic carbocycles. The third kappa shape index (κ3) is 53.8. The first-order valence-electron chi connectivity index (χ1n) is 43.9. The SMILES string of the molecule is CC(C)C[C@H](NC(=O)[C@H](Cc1cnc[nH]1)NC(=O)[C@H](CCCCN)NC(=O)CNC(=O)[C@H](CCCNC(=N)N)NC(=O)[C@H](CCCNC(=N)N)NC(=O)[C@H](CCCNC(=N)N)NC(=O)[C@H](CCC(N)=O)NC(=O)[C@H](CCCNC(=N)N)NC(=O)[C@H](CCCNC(=N)N)NC(=O)[C@H](CCCCN)NC(=O)[C@H](CCCCN)NC(=O)[C@@H](N)CCCNC(=N)N)C(=O)N[C@@H](CC(N)=O)C(=O)O. The molecule has 0 unspecified atom stereocenters. The van der Waals surface area contributed by atoms with E-state index in [0.29, 0.717) is 37.8 Å². The van der Waals surface area contributed by atoms with Crippen molar-refractivity contribution >= 4 is 130 Å². The zero-order valence-corrected chi connectivity index (χ0v) is 75.5. The topological polar surface area (TPSA) is 1010 Å². The molecule has 0 aliphatic heterocycles. The molecule has 1 heterocycles. The number of aromatic nitrogens is 2. The van der Waals surface area contributed by atoms with Crippen LogP contribution in [0.1, 0.15) is 180 Å². The summed E-state index contributed by atoms with van der Waals surface area (Å²) in [4.78, 5) is 231. The Labute approximate surface area is 770 Å². The molecule has 0 saturated carbocycles. The van der Waals surface area contributed by atoms with Gasteiger partial charge in [0.1, 0.15) is 72.5 Å². The largest absolute Gasteiger partial charge is 0.480 e. The number of guanidine groups is 6. The van der Waals surface area contributed by atoms with Crippen LogP contribution in [0.25, 0.3) is 0 Å². The summed E-state index contributed by atoms with van der Waals surface area (Å²) in [6.07, 6.45) is 1.15. The molecule has 1 rings (SSSR count). The predicted molar refractivity (Wildman–Crippen MR) is 489 cm³/mol. The molecule has 0 fully saturated rings. The molecule has 0 aromatic carbocycles. The Morgan fingerprint density at radius 3 is 0.895 bits per heavy atom. The second kappa shape index (κ2) is 66.5.